The van der Waals surface area contributed by atoms with Crippen LogP contribution in [0.1, 0.15) is 0 Å². The molecule has 0 aliphatic carbocycles. The third-order valence-electron chi connectivity index (χ3n) is 4.61. The van der Waals surface area contributed by atoms with Gasteiger partial charge >= 0.3 is 0 Å². The second-order valence-corrected chi connectivity index (χ2v) is 6.15. The number of rotatable bonds is 3. The molecule has 1 fully saturated rings. The van der Waals surface area contributed by atoms with Crippen LogP contribution in [0.4, 0.5) is 5.82 Å². The van der Waals surface area contributed by atoms with E-state index < -0.39 is 0 Å². The quantitative estimate of drug-likeness (QED) is 0.802. The number of hydrogen-bond acceptors (Lipinski definition) is 5. The van der Waals surface area contributed by atoms with Crippen molar-refractivity contribution < 1.29 is 4.74 Å². The molecular weight excluding hydrogens is 302 g/mol. The summed E-state index contributed by atoms with van der Waals surface area (Å²) in [6.07, 6.45) is 3.89. The van der Waals surface area contributed by atoms with E-state index in [0.717, 1.165) is 54.2 Å². The molecule has 1 aliphatic heterocycles. The minimum Gasteiger partial charge on any atom is -0.481 e. The Bertz CT molecular complexity index is 851. The topological polar surface area (TPSA) is 57.3 Å². The van der Waals surface area contributed by atoms with Crippen molar-refractivity contribution in [2.75, 3.05) is 45.2 Å². The second-order valence-electron chi connectivity index (χ2n) is 6.15. The first-order valence-electron chi connectivity index (χ1n) is 8.16. The van der Waals surface area contributed by atoms with Gasteiger partial charge in [0.1, 0.15) is 11.5 Å². The molecule has 3 aromatic heterocycles. The van der Waals surface area contributed by atoms with E-state index in [1.807, 2.05) is 30.6 Å². The van der Waals surface area contributed by atoms with Crippen LogP contribution in [0.25, 0.3) is 22.2 Å². The van der Waals surface area contributed by atoms with Crippen LogP contribution in [0.5, 0.6) is 5.88 Å². The molecular formula is C18H21N5O. The Kier molecular flexibility index (Phi) is 3.82. The van der Waals surface area contributed by atoms with E-state index >= 15 is 0 Å². The van der Waals surface area contributed by atoms with Gasteiger partial charge in [-0.3, -0.25) is 0 Å². The number of fused-ring (bicyclic) bond motifs is 1. The Morgan fingerprint density at radius 3 is 2.75 bits per heavy atom. The smallest absolute Gasteiger partial charge is 0.214 e. The van der Waals surface area contributed by atoms with Gasteiger partial charge in [0.05, 0.1) is 7.11 Å². The predicted molar refractivity (Wildman–Crippen MR) is 95.6 cm³/mol. The van der Waals surface area contributed by atoms with Gasteiger partial charge in [0, 0.05) is 55.6 Å². The van der Waals surface area contributed by atoms with Gasteiger partial charge in [-0.2, -0.15) is 4.98 Å². The van der Waals surface area contributed by atoms with E-state index in [4.69, 9.17) is 4.74 Å². The van der Waals surface area contributed by atoms with Gasteiger partial charge in [-0.25, -0.2) is 4.98 Å². The Hall–Kier alpha value is -2.60. The molecule has 6 nitrogen and oxygen atoms in total. The molecule has 24 heavy (non-hydrogen) atoms. The maximum absolute atomic E-state index is 5.19. The lowest BCUT2D eigenvalue weighted by Crippen LogP contribution is -2.44. The average molecular weight is 323 g/mol. The van der Waals surface area contributed by atoms with E-state index in [1.165, 1.54) is 0 Å². The van der Waals surface area contributed by atoms with Crippen LogP contribution in [0, 0.1) is 0 Å². The first-order valence-corrected chi connectivity index (χ1v) is 8.16. The van der Waals surface area contributed by atoms with Crippen LogP contribution in [-0.2, 0) is 0 Å². The van der Waals surface area contributed by atoms with Crippen LogP contribution in [0.15, 0.2) is 36.7 Å². The van der Waals surface area contributed by atoms with E-state index in [0.29, 0.717) is 5.88 Å². The SMILES string of the molecule is COc1ccc2c(-c3ccnc(N4CCN(C)CC4)c3)c[nH]c2n1. The molecule has 0 saturated carbocycles. The van der Waals surface area contributed by atoms with Crippen molar-refractivity contribution in [2.45, 2.75) is 0 Å². The number of hydrogen-bond donors (Lipinski definition) is 1. The van der Waals surface area contributed by atoms with Gasteiger partial charge in [0.2, 0.25) is 5.88 Å². The van der Waals surface area contributed by atoms with Gasteiger partial charge in [0.15, 0.2) is 0 Å². The lowest BCUT2D eigenvalue weighted by molar-refractivity contribution is 0.312. The number of aromatic nitrogens is 3. The van der Waals surface area contributed by atoms with Crippen molar-refractivity contribution in [3.8, 4) is 17.0 Å². The van der Waals surface area contributed by atoms with E-state index in [2.05, 4.69) is 37.9 Å². The number of ether oxygens (including phenoxy) is 1. The lowest BCUT2D eigenvalue weighted by Gasteiger charge is -2.33. The van der Waals surface area contributed by atoms with Crippen molar-refractivity contribution in [1.82, 2.24) is 19.9 Å². The van der Waals surface area contributed by atoms with Crippen molar-refractivity contribution >= 4 is 16.9 Å². The summed E-state index contributed by atoms with van der Waals surface area (Å²) in [5.41, 5.74) is 3.12. The normalized spacial score (nSPS) is 15.8. The molecule has 0 radical (unpaired) electrons. The highest BCUT2D eigenvalue weighted by molar-refractivity contribution is 5.94. The summed E-state index contributed by atoms with van der Waals surface area (Å²) in [6, 6.07) is 8.15. The summed E-state index contributed by atoms with van der Waals surface area (Å²) in [5.74, 6) is 1.65. The summed E-state index contributed by atoms with van der Waals surface area (Å²) in [4.78, 5) is 16.9. The number of anilines is 1. The molecule has 1 N–H and O–H groups in total. The molecule has 4 heterocycles. The molecule has 0 unspecified atom stereocenters. The van der Waals surface area contributed by atoms with E-state index in [1.54, 1.807) is 7.11 Å². The fraction of sp³-hybridized carbons (Fsp3) is 0.333. The lowest BCUT2D eigenvalue weighted by atomic mass is 10.1. The van der Waals surface area contributed by atoms with Crippen LogP contribution in [-0.4, -0.2) is 60.2 Å². The number of pyridine rings is 2. The Balaban J connectivity index is 1.68. The van der Waals surface area contributed by atoms with Crippen LogP contribution >= 0.6 is 0 Å². The zero-order chi connectivity index (χ0) is 16.5. The first-order chi connectivity index (χ1) is 11.7. The Morgan fingerprint density at radius 1 is 1.12 bits per heavy atom. The maximum atomic E-state index is 5.19. The standard InChI is InChI=1S/C18H21N5O/c1-22-7-9-23(10-8-22)16-11-13(5-6-19-16)15-12-20-18-14(15)3-4-17(21-18)24-2/h3-6,11-12H,7-10H2,1-2H3,(H,20,21). The fourth-order valence-electron chi connectivity index (χ4n) is 3.13. The highest BCUT2D eigenvalue weighted by Crippen LogP contribution is 2.30. The summed E-state index contributed by atoms with van der Waals surface area (Å²) in [5, 5.41) is 1.09. The predicted octanol–water partition coefficient (Wildman–Crippen LogP) is 2.39. The van der Waals surface area contributed by atoms with Gasteiger partial charge in [-0.05, 0) is 30.8 Å². The van der Waals surface area contributed by atoms with E-state index in [-0.39, 0.29) is 0 Å². The zero-order valence-electron chi connectivity index (χ0n) is 14.0. The highest BCUT2D eigenvalue weighted by Gasteiger charge is 2.16. The maximum Gasteiger partial charge on any atom is 0.214 e. The Labute approximate surface area is 141 Å². The molecule has 4 rings (SSSR count). The summed E-state index contributed by atoms with van der Waals surface area (Å²) < 4.78 is 5.19. The Morgan fingerprint density at radius 2 is 1.96 bits per heavy atom. The number of piperazine rings is 1. The van der Waals surface area contributed by atoms with Gasteiger partial charge < -0.3 is 19.5 Å². The molecule has 6 heteroatoms. The largest absolute Gasteiger partial charge is 0.481 e. The zero-order valence-corrected chi connectivity index (χ0v) is 14.0. The molecule has 1 saturated heterocycles. The summed E-state index contributed by atoms with van der Waals surface area (Å²) in [7, 11) is 3.79. The second kappa shape index (κ2) is 6.13. The monoisotopic (exact) mass is 323 g/mol. The number of likely N-dealkylation sites (N-methyl/N-ethyl adjacent to an activating group) is 1. The number of nitrogens with one attached hydrogen (secondary N) is 1. The summed E-state index contributed by atoms with van der Waals surface area (Å²) in [6.45, 7) is 4.17. The number of nitrogens with zero attached hydrogens (tertiary/aromatic N) is 4. The van der Waals surface area contributed by atoms with Crippen molar-refractivity contribution in [2.24, 2.45) is 0 Å². The minimum absolute atomic E-state index is 0.615. The number of methoxy groups -OCH3 is 1. The molecule has 3 aromatic rings. The highest BCUT2D eigenvalue weighted by atomic mass is 16.5. The van der Waals surface area contributed by atoms with Gasteiger partial charge in [-0.15, -0.1) is 0 Å². The molecule has 0 spiro atoms. The fourth-order valence-corrected chi connectivity index (χ4v) is 3.13. The third-order valence-corrected chi connectivity index (χ3v) is 4.61. The van der Waals surface area contributed by atoms with Crippen molar-refractivity contribution in [3.63, 3.8) is 0 Å². The van der Waals surface area contributed by atoms with E-state index in [9.17, 15) is 0 Å². The number of H-pyrrole nitrogens is 1. The molecule has 124 valence electrons. The van der Waals surface area contributed by atoms with Crippen molar-refractivity contribution in [3.05, 3.63) is 36.7 Å². The van der Waals surface area contributed by atoms with Crippen LogP contribution in [0.2, 0.25) is 0 Å². The van der Waals surface area contributed by atoms with Gasteiger partial charge in [0.25, 0.3) is 0 Å². The average Bonchev–Trinajstić information content (AvgIpc) is 3.05. The van der Waals surface area contributed by atoms with Crippen molar-refractivity contribution in [1.29, 1.82) is 0 Å². The molecule has 0 atom stereocenters. The first kappa shape index (κ1) is 15.0. The van der Waals surface area contributed by atoms with Crippen LogP contribution in [0.3, 0.4) is 0 Å². The molecule has 0 bridgehead atoms. The third kappa shape index (κ3) is 2.69. The molecule has 0 amide bonds. The number of aromatic amines is 1. The van der Waals surface area contributed by atoms with Crippen LogP contribution < -0.4 is 9.64 Å². The molecule has 0 aromatic carbocycles. The minimum atomic E-state index is 0.615. The molecule has 1 aliphatic rings. The van der Waals surface area contributed by atoms with Gasteiger partial charge in [-0.1, -0.05) is 0 Å². The summed E-state index contributed by atoms with van der Waals surface area (Å²) >= 11 is 0.